The largest absolute Gasteiger partial charge is 0.462 e. The van der Waals surface area contributed by atoms with Gasteiger partial charge >= 0.3 is 11.9 Å². The Hall–Kier alpha value is -4.09. The number of carbonyl (C=O) groups is 3. The molecule has 0 aliphatic carbocycles. The van der Waals surface area contributed by atoms with E-state index < -0.39 is 55.2 Å². The topological polar surface area (TPSA) is 141 Å². The predicted molar refractivity (Wildman–Crippen MR) is 266 cm³/mol. The highest BCUT2D eigenvalue weighted by Crippen LogP contribution is 2.27. The van der Waals surface area contributed by atoms with Crippen molar-refractivity contribution in [1.29, 1.82) is 0 Å². The number of aliphatic hydroxyl groups excluding tert-OH is 2. The van der Waals surface area contributed by atoms with Crippen LogP contribution in [0.3, 0.4) is 0 Å². The molecule has 3 aromatic carbocycles. The molecule has 1 aliphatic rings. The van der Waals surface area contributed by atoms with Crippen molar-refractivity contribution in [3.63, 3.8) is 0 Å². The zero-order valence-corrected chi connectivity index (χ0v) is 40.9. The van der Waals surface area contributed by atoms with Gasteiger partial charge in [0.05, 0.1) is 19.6 Å². The molecule has 3 N–H and O–H groups in total. The van der Waals surface area contributed by atoms with Crippen LogP contribution >= 0.6 is 0 Å². The standard InChI is InChI=1S/C57H85NO9/c1-2-3-4-5-6-7-8-15-29-40-49(65-52(61)41-30-16-11-9-13-21-32-46-34-23-18-24-35-46)43-51(60)58-54-56(55(63)50(44-59)66-57(54)64-45-48-38-27-20-28-39-48)67-53(62)42-31-17-12-10-14-22-33-47-36-25-19-26-37-47/h18-20,23-28,34-39,49-50,54-57,59,63H,2-17,21-22,29-33,40-45H2,1H3,(H,58,60)/t49-,50+,54+,55+,56+,57+/m0/s1. The summed E-state index contributed by atoms with van der Waals surface area (Å²) < 4.78 is 24.3. The van der Waals surface area contributed by atoms with Crippen molar-refractivity contribution in [2.75, 3.05) is 6.61 Å². The van der Waals surface area contributed by atoms with Crippen molar-refractivity contribution < 1.29 is 43.5 Å². The average Bonchev–Trinajstić information content (AvgIpc) is 3.34. The first-order chi connectivity index (χ1) is 32.9. The molecule has 0 unspecified atom stereocenters. The molecule has 10 nitrogen and oxygen atoms in total. The molecule has 0 spiro atoms. The fraction of sp³-hybridized carbons (Fsp3) is 0.632. The van der Waals surface area contributed by atoms with Crippen LogP contribution in [0, 0.1) is 0 Å². The van der Waals surface area contributed by atoms with Crippen molar-refractivity contribution >= 4 is 17.8 Å². The molecule has 10 heteroatoms. The van der Waals surface area contributed by atoms with Gasteiger partial charge in [-0.25, -0.2) is 0 Å². The van der Waals surface area contributed by atoms with Gasteiger partial charge in [0.15, 0.2) is 12.4 Å². The van der Waals surface area contributed by atoms with Crippen LogP contribution in [0.1, 0.15) is 184 Å². The second kappa shape index (κ2) is 35.1. The summed E-state index contributed by atoms with van der Waals surface area (Å²) in [6, 6.07) is 29.4. The van der Waals surface area contributed by atoms with Crippen molar-refractivity contribution in [1.82, 2.24) is 5.32 Å². The Labute approximate surface area is 403 Å². The number of aliphatic hydroxyl groups is 2. The van der Waals surface area contributed by atoms with E-state index in [4.69, 9.17) is 18.9 Å². The number of nitrogens with one attached hydrogen (secondary N) is 1. The van der Waals surface area contributed by atoms with Gasteiger partial charge in [0.1, 0.15) is 24.4 Å². The lowest BCUT2D eigenvalue weighted by molar-refractivity contribution is -0.276. The van der Waals surface area contributed by atoms with Gasteiger partial charge in [-0.15, -0.1) is 0 Å². The molecule has 0 aromatic heterocycles. The van der Waals surface area contributed by atoms with Crippen molar-refractivity contribution in [2.45, 2.75) is 224 Å². The summed E-state index contributed by atoms with van der Waals surface area (Å²) in [6.07, 6.45) is 19.8. The molecule has 1 saturated heterocycles. The van der Waals surface area contributed by atoms with Crippen LogP contribution in [0.15, 0.2) is 91.0 Å². The summed E-state index contributed by atoms with van der Waals surface area (Å²) in [6.45, 7) is 1.79. The Morgan fingerprint density at radius 1 is 0.597 bits per heavy atom. The second-order valence-corrected chi connectivity index (χ2v) is 18.7. The van der Waals surface area contributed by atoms with E-state index in [9.17, 15) is 24.6 Å². The zero-order valence-electron chi connectivity index (χ0n) is 40.9. The van der Waals surface area contributed by atoms with Crippen LogP contribution in [-0.2, 0) is 52.8 Å². The maximum atomic E-state index is 14.1. The van der Waals surface area contributed by atoms with Crippen LogP contribution < -0.4 is 5.32 Å². The van der Waals surface area contributed by atoms with E-state index in [1.165, 1.54) is 49.7 Å². The lowest BCUT2D eigenvalue weighted by Crippen LogP contribution is -2.66. The van der Waals surface area contributed by atoms with Crippen molar-refractivity contribution in [3.05, 3.63) is 108 Å². The Morgan fingerprint density at radius 3 is 1.58 bits per heavy atom. The summed E-state index contributed by atoms with van der Waals surface area (Å²) >= 11 is 0. The van der Waals surface area contributed by atoms with Crippen molar-refractivity contribution in [3.8, 4) is 0 Å². The summed E-state index contributed by atoms with van der Waals surface area (Å²) in [5.41, 5.74) is 3.57. The van der Waals surface area contributed by atoms with Crippen LogP contribution in [0.2, 0.25) is 0 Å². The maximum Gasteiger partial charge on any atom is 0.306 e. The number of unbranched alkanes of at least 4 members (excludes halogenated alkanes) is 18. The minimum absolute atomic E-state index is 0.0996. The van der Waals surface area contributed by atoms with Gasteiger partial charge in [-0.1, -0.05) is 201 Å². The number of hydrogen-bond acceptors (Lipinski definition) is 9. The number of ether oxygens (including phenoxy) is 4. The molecule has 4 rings (SSSR count). The predicted octanol–water partition coefficient (Wildman–Crippen LogP) is 11.8. The molecule has 1 heterocycles. The molecule has 1 aliphatic heterocycles. The van der Waals surface area contributed by atoms with E-state index in [2.05, 4.69) is 60.8 Å². The molecule has 67 heavy (non-hydrogen) atoms. The number of esters is 2. The highest BCUT2D eigenvalue weighted by atomic mass is 16.7. The third-order valence-electron chi connectivity index (χ3n) is 12.9. The molecular weight excluding hydrogens is 843 g/mol. The van der Waals surface area contributed by atoms with Crippen LogP contribution in [0.4, 0.5) is 0 Å². The minimum Gasteiger partial charge on any atom is -0.462 e. The van der Waals surface area contributed by atoms with Gasteiger partial charge < -0.3 is 34.5 Å². The normalized spacial score (nSPS) is 18.6. The Bertz CT molecular complexity index is 1710. The van der Waals surface area contributed by atoms with Crippen LogP contribution in [0.25, 0.3) is 0 Å². The van der Waals surface area contributed by atoms with Crippen molar-refractivity contribution in [2.24, 2.45) is 0 Å². The van der Waals surface area contributed by atoms with E-state index in [0.29, 0.717) is 19.3 Å². The maximum absolute atomic E-state index is 14.1. The Kier molecular flexibility index (Phi) is 29.1. The lowest BCUT2D eigenvalue weighted by atomic mass is 9.96. The molecule has 6 atom stereocenters. The third kappa shape index (κ3) is 24.2. The highest BCUT2D eigenvalue weighted by Gasteiger charge is 2.48. The van der Waals surface area contributed by atoms with Gasteiger partial charge in [-0.3, -0.25) is 14.4 Å². The Balaban J connectivity index is 1.32. The van der Waals surface area contributed by atoms with E-state index in [1.807, 2.05) is 42.5 Å². The van der Waals surface area contributed by atoms with Gasteiger partial charge in [0.25, 0.3) is 0 Å². The van der Waals surface area contributed by atoms with Gasteiger partial charge in [0.2, 0.25) is 5.91 Å². The number of amides is 1. The third-order valence-corrected chi connectivity index (χ3v) is 12.9. The quantitative estimate of drug-likeness (QED) is 0.0381. The first-order valence-electron chi connectivity index (χ1n) is 26.2. The van der Waals surface area contributed by atoms with Crippen LogP contribution in [-0.4, -0.2) is 71.4 Å². The molecule has 0 radical (unpaired) electrons. The monoisotopic (exact) mass is 928 g/mol. The SMILES string of the molecule is CCCCCCCCCCC[C@@H](CC(=O)N[C@H]1[C@H](OCc2ccccc2)O[C@H](CO)[C@@H](O)[C@@H]1OC(=O)CCCCCCCCc1ccccc1)OC(=O)CCCCCCCCc1ccccc1. The fourth-order valence-corrected chi connectivity index (χ4v) is 8.95. The van der Waals surface area contributed by atoms with E-state index in [0.717, 1.165) is 108 Å². The summed E-state index contributed by atoms with van der Waals surface area (Å²) in [5, 5.41) is 24.7. The first-order valence-corrected chi connectivity index (χ1v) is 26.2. The first kappa shape index (κ1) is 55.5. The smallest absolute Gasteiger partial charge is 0.306 e. The molecule has 0 saturated carbocycles. The molecule has 372 valence electrons. The number of hydrogen-bond donors (Lipinski definition) is 3. The fourth-order valence-electron chi connectivity index (χ4n) is 8.95. The van der Waals surface area contributed by atoms with Crippen LogP contribution in [0.5, 0.6) is 0 Å². The van der Waals surface area contributed by atoms with Gasteiger partial charge in [0, 0.05) is 12.8 Å². The lowest BCUT2D eigenvalue weighted by Gasteiger charge is -2.43. The highest BCUT2D eigenvalue weighted by molar-refractivity contribution is 5.78. The second-order valence-electron chi connectivity index (χ2n) is 18.7. The number of benzene rings is 3. The molecular formula is C57H85NO9. The summed E-state index contributed by atoms with van der Waals surface area (Å²) in [7, 11) is 0. The number of carbonyl (C=O) groups excluding carboxylic acids is 3. The van der Waals surface area contributed by atoms with E-state index in [-0.39, 0.29) is 25.4 Å². The molecule has 1 fully saturated rings. The van der Waals surface area contributed by atoms with Gasteiger partial charge in [-0.2, -0.15) is 0 Å². The molecule has 0 bridgehead atoms. The Morgan fingerprint density at radius 2 is 1.06 bits per heavy atom. The average molecular weight is 928 g/mol. The molecule has 1 amide bonds. The van der Waals surface area contributed by atoms with E-state index >= 15 is 0 Å². The van der Waals surface area contributed by atoms with Gasteiger partial charge in [-0.05, 0) is 68.1 Å². The number of aryl methyl sites for hydroxylation is 2. The summed E-state index contributed by atoms with van der Waals surface area (Å²) in [4.78, 5) is 40.7. The zero-order chi connectivity index (χ0) is 47.6. The molecule has 3 aromatic rings. The number of rotatable bonds is 37. The van der Waals surface area contributed by atoms with E-state index in [1.54, 1.807) is 0 Å². The summed E-state index contributed by atoms with van der Waals surface area (Å²) in [5.74, 6) is -1.24. The minimum atomic E-state index is -1.43.